The van der Waals surface area contributed by atoms with Gasteiger partial charge in [-0.1, -0.05) is 48.0 Å². The molecule has 0 aliphatic rings. The fourth-order valence-corrected chi connectivity index (χ4v) is 3.40. The van der Waals surface area contributed by atoms with Gasteiger partial charge in [0.25, 0.3) is 0 Å². The molecular formula is C17H33N3S. The molecule has 122 valence electrons. The van der Waals surface area contributed by atoms with Gasteiger partial charge in [-0.25, -0.2) is 4.98 Å². The summed E-state index contributed by atoms with van der Waals surface area (Å²) in [6.07, 6.45) is 2.45. The first-order valence-corrected chi connectivity index (χ1v) is 8.99. The van der Waals surface area contributed by atoms with Gasteiger partial charge in [-0.3, -0.25) is 0 Å². The lowest BCUT2D eigenvalue weighted by molar-refractivity contribution is 0.535. The minimum Gasteiger partial charge on any atom is -0.351 e. The van der Waals surface area contributed by atoms with Gasteiger partial charge < -0.3 is 10.2 Å². The van der Waals surface area contributed by atoms with Crippen molar-refractivity contribution in [3.63, 3.8) is 0 Å². The number of nitrogens with one attached hydrogen (secondary N) is 1. The van der Waals surface area contributed by atoms with E-state index in [4.69, 9.17) is 4.98 Å². The SMILES string of the molecule is CCCCN(C)c1nc(C(C)(C)C)c(CNCC(C)C)s1. The van der Waals surface area contributed by atoms with Crippen LogP contribution in [-0.4, -0.2) is 25.1 Å². The minimum atomic E-state index is 0.106. The molecule has 0 amide bonds. The van der Waals surface area contributed by atoms with Crippen molar-refractivity contribution in [3.05, 3.63) is 10.6 Å². The number of hydrogen-bond acceptors (Lipinski definition) is 4. The minimum absolute atomic E-state index is 0.106. The Morgan fingerprint density at radius 3 is 2.48 bits per heavy atom. The van der Waals surface area contributed by atoms with Crippen molar-refractivity contribution in [2.75, 3.05) is 25.0 Å². The van der Waals surface area contributed by atoms with E-state index in [9.17, 15) is 0 Å². The van der Waals surface area contributed by atoms with Gasteiger partial charge in [0.15, 0.2) is 5.13 Å². The molecule has 0 aliphatic heterocycles. The predicted molar refractivity (Wildman–Crippen MR) is 95.5 cm³/mol. The lowest BCUT2D eigenvalue weighted by Crippen LogP contribution is -2.22. The topological polar surface area (TPSA) is 28.2 Å². The van der Waals surface area contributed by atoms with Gasteiger partial charge in [-0.2, -0.15) is 0 Å². The Bertz CT molecular complexity index is 418. The zero-order valence-electron chi connectivity index (χ0n) is 14.9. The van der Waals surface area contributed by atoms with Crippen LogP contribution < -0.4 is 10.2 Å². The maximum absolute atomic E-state index is 4.94. The van der Waals surface area contributed by atoms with E-state index in [0.29, 0.717) is 5.92 Å². The summed E-state index contributed by atoms with van der Waals surface area (Å²) in [6, 6.07) is 0. The Kier molecular flexibility index (Phi) is 7.14. The third kappa shape index (κ3) is 5.95. The molecule has 0 atom stereocenters. The van der Waals surface area contributed by atoms with E-state index in [1.54, 1.807) is 0 Å². The highest BCUT2D eigenvalue weighted by atomic mass is 32.1. The van der Waals surface area contributed by atoms with Crippen LogP contribution in [0, 0.1) is 5.92 Å². The second-order valence-electron chi connectivity index (χ2n) is 7.32. The summed E-state index contributed by atoms with van der Waals surface area (Å²) < 4.78 is 0. The molecule has 1 heterocycles. The Balaban J connectivity index is 2.86. The summed E-state index contributed by atoms with van der Waals surface area (Å²) in [5.74, 6) is 0.683. The lowest BCUT2D eigenvalue weighted by Gasteiger charge is -2.18. The monoisotopic (exact) mass is 311 g/mol. The third-order valence-corrected chi connectivity index (χ3v) is 4.58. The zero-order valence-corrected chi connectivity index (χ0v) is 15.7. The second kappa shape index (κ2) is 8.14. The molecule has 1 aromatic heterocycles. The molecule has 0 saturated heterocycles. The smallest absolute Gasteiger partial charge is 0.185 e. The van der Waals surface area contributed by atoms with Gasteiger partial charge >= 0.3 is 0 Å². The average Bonchev–Trinajstić information content (AvgIpc) is 2.79. The van der Waals surface area contributed by atoms with Crippen molar-refractivity contribution in [3.8, 4) is 0 Å². The normalized spacial score (nSPS) is 12.2. The summed E-state index contributed by atoms with van der Waals surface area (Å²) in [5, 5.41) is 4.72. The van der Waals surface area contributed by atoms with E-state index in [1.165, 1.54) is 23.4 Å². The van der Waals surface area contributed by atoms with E-state index >= 15 is 0 Å². The van der Waals surface area contributed by atoms with Crippen molar-refractivity contribution >= 4 is 16.5 Å². The molecule has 0 fully saturated rings. The predicted octanol–water partition coefficient (Wildman–Crippen LogP) is 4.42. The third-order valence-electron chi connectivity index (χ3n) is 3.41. The fraction of sp³-hybridized carbons (Fsp3) is 0.824. The van der Waals surface area contributed by atoms with Gasteiger partial charge in [0.1, 0.15) is 0 Å². The molecule has 1 aromatic rings. The van der Waals surface area contributed by atoms with Crippen molar-refractivity contribution < 1.29 is 0 Å². The molecule has 0 radical (unpaired) electrons. The standard InChI is InChI=1S/C17H33N3S/c1-8-9-10-20(7)16-19-15(17(4,5)6)14(21-16)12-18-11-13(2)3/h13,18H,8-12H2,1-7H3. The highest BCUT2D eigenvalue weighted by Gasteiger charge is 2.24. The molecule has 0 bridgehead atoms. The van der Waals surface area contributed by atoms with Gasteiger partial charge in [0.05, 0.1) is 5.69 Å². The van der Waals surface area contributed by atoms with Crippen molar-refractivity contribution in [2.24, 2.45) is 5.92 Å². The van der Waals surface area contributed by atoms with Crippen LogP contribution >= 0.6 is 11.3 Å². The first kappa shape index (κ1) is 18.4. The number of rotatable bonds is 8. The van der Waals surface area contributed by atoms with Crippen molar-refractivity contribution in [2.45, 2.75) is 66.3 Å². The van der Waals surface area contributed by atoms with E-state index in [1.807, 2.05) is 11.3 Å². The number of anilines is 1. The number of hydrogen-bond donors (Lipinski definition) is 1. The van der Waals surface area contributed by atoms with E-state index < -0.39 is 0 Å². The number of thiazole rings is 1. The van der Waals surface area contributed by atoms with Crippen LogP contribution in [0.15, 0.2) is 0 Å². The van der Waals surface area contributed by atoms with E-state index in [2.05, 4.69) is 58.8 Å². The quantitative estimate of drug-likeness (QED) is 0.770. The first-order valence-electron chi connectivity index (χ1n) is 8.17. The van der Waals surface area contributed by atoms with Crippen LogP contribution in [0.3, 0.4) is 0 Å². The summed E-state index contributed by atoms with van der Waals surface area (Å²) in [6.45, 7) is 16.6. The lowest BCUT2D eigenvalue weighted by atomic mass is 9.91. The molecule has 0 aliphatic carbocycles. The number of aromatic nitrogens is 1. The summed E-state index contributed by atoms with van der Waals surface area (Å²) in [4.78, 5) is 8.63. The second-order valence-corrected chi connectivity index (χ2v) is 8.38. The first-order chi connectivity index (χ1) is 9.75. The molecule has 0 unspecified atom stereocenters. The van der Waals surface area contributed by atoms with Crippen LogP contribution in [0.2, 0.25) is 0 Å². The largest absolute Gasteiger partial charge is 0.351 e. The Labute approximate surface area is 135 Å². The van der Waals surface area contributed by atoms with Crippen molar-refractivity contribution in [1.29, 1.82) is 0 Å². The van der Waals surface area contributed by atoms with E-state index in [0.717, 1.165) is 24.8 Å². The Morgan fingerprint density at radius 2 is 1.95 bits per heavy atom. The molecular weight excluding hydrogens is 278 g/mol. The van der Waals surface area contributed by atoms with Gasteiger partial charge in [0.2, 0.25) is 0 Å². The Morgan fingerprint density at radius 1 is 1.29 bits per heavy atom. The molecule has 4 heteroatoms. The van der Waals surface area contributed by atoms with Gasteiger partial charge in [-0.05, 0) is 18.9 Å². The van der Waals surface area contributed by atoms with E-state index in [-0.39, 0.29) is 5.41 Å². The molecule has 3 nitrogen and oxygen atoms in total. The Hall–Kier alpha value is -0.610. The highest BCUT2D eigenvalue weighted by Crippen LogP contribution is 2.33. The molecule has 0 saturated carbocycles. The van der Waals surface area contributed by atoms with Crippen LogP contribution in [0.25, 0.3) is 0 Å². The molecule has 1 rings (SSSR count). The van der Waals surface area contributed by atoms with Crippen LogP contribution in [-0.2, 0) is 12.0 Å². The average molecular weight is 312 g/mol. The fourth-order valence-electron chi connectivity index (χ4n) is 2.17. The summed E-state index contributed by atoms with van der Waals surface area (Å²) >= 11 is 1.85. The van der Waals surface area contributed by atoms with Crippen LogP contribution in [0.5, 0.6) is 0 Å². The number of unbranched alkanes of at least 4 members (excludes halogenated alkanes) is 1. The zero-order chi connectivity index (χ0) is 16.0. The van der Waals surface area contributed by atoms with Crippen LogP contribution in [0.4, 0.5) is 5.13 Å². The molecule has 1 N–H and O–H groups in total. The molecule has 0 aromatic carbocycles. The maximum atomic E-state index is 4.94. The van der Waals surface area contributed by atoms with Crippen molar-refractivity contribution in [1.82, 2.24) is 10.3 Å². The van der Waals surface area contributed by atoms with Gasteiger partial charge in [0, 0.05) is 30.4 Å². The molecule has 21 heavy (non-hydrogen) atoms. The number of nitrogens with zero attached hydrogens (tertiary/aromatic N) is 2. The summed E-state index contributed by atoms with van der Waals surface area (Å²) in [7, 11) is 2.16. The molecule has 0 spiro atoms. The van der Waals surface area contributed by atoms with Gasteiger partial charge in [-0.15, -0.1) is 11.3 Å². The summed E-state index contributed by atoms with van der Waals surface area (Å²) in [5.41, 5.74) is 1.36. The highest BCUT2D eigenvalue weighted by molar-refractivity contribution is 7.15. The maximum Gasteiger partial charge on any atom is 0.185 e. The van der Waals surface area contributed by atoms with Crippen LogP contribution in [0.1, 0.15) is 65.0 Å².